The highest BCUT2D eigenvalue weighted by atomic mass is 35.5. The summed E-state index contributed by atoms with van der Waals surface area (Å²) in [6.45, 7) is 6.58. The molecule has 1 N–H and O–H groups in total. The molecule has 2 heteroatoms. The van der Waals surface area contributed by atoms with Gasteiger partial charge in [0.15, 0.2) is 0 Å². The van der Waals surface area contributed by atoms with E-state index in [-0.39, 0.29) is 0 Å². The number of benzene rings is 2. The van der Waals surface area contributed by atoms with Gasteiger partial charge in [-0.3, -0.25) is 0 Å². The Bertz CT molecular complexity index is 598. The van der Waals surface area contributed by atoms with Crippen LogP contribution >= 0.6 is 11.6 Å². The van der Waals surface area contributed by atoms with Gasteiger partial charge >= 0.3 is 0 Å². The largest absolute Gasteiger partial charge is 0.377 e. The van der Waals surface area contributed by atoms with Crippen LogP contribution in [-0.4, -0.2) is 0 Å². The maximum Gasteiger partial charge on any atom is 0.0555 e. The summed E-state index contributed by atoms with van der Waals surface area (Å²) in [4.78, 5) is 0. The van der Waals surface area contributed by atoms with E-state index in [0.717, 1.165) is 11.4 Å². The smallest absolute Gasteiger partial charge is 0.0555 e. The van der Waals surface area contributed by atoms with Gasteiger partial charge in [-0.2, -0.15) is 0 Å². The van der Waals surface area contributed by atoms with E-state index in [9.17, 15) is 0 Å². The molecule has 0 radical (unpaired) electrons. The molecule has 2 aromatic rings. The number of aryl methyl sites for hydroxylation is 1. The quantitative estimate of drug-likeness (QED) is 0.770. The molecule has 1 atom stereocenters. The van der Waals surface area contributed by atoms with E-state index in [0.29, 0.717) is 12.0 Å². The lowest BCUT2D eigenvalue weighted by atomic mass is 9.97. The molecule has 3 rings (SSSR count). The Hall–Kier alpha value is -1.47. The molecule has 20 heavy (non-hydrogen) atoms. The highest BCUT2D eigenvalue weighted by Crippen LogP contribution is 2.40. The van der Waals surface area contributed by atoms with Crippen molar-refractivity contribution in [3.8, 4) is 0 Å². The van der Waals surface area contributed by atoms with Crippen molar-refractivity contribution in [2.75, 3.05) is 5.32 Å². The summed E-state index contributed by atoms with van der Waals surface area (Å²) in [7, 11) is 0. The minimum Gasteiger partial charge on any atom is -0.377 e. The van der Waals surface area contributed by atoms with Crippen molar-refractivity contribution in [2.45, 2.75) is 39.2 Å². The molecule has 1 heterocycles. The van der Waals surface area contributed by atoms with Crippen LogP contribution in [0.2, 0.25) is 5.02 Å². The number of nitrogens with one attached hydrogen (secondary N) is 1. The first-order valence-electron chi connectivity index (χ1n) is 7.20. The number of hydrogen-bond donors (Lipinski definition) is 1. The second-order valence-corrected chi connectivity index (χ2v) is 6.35. The topological polar surface area (TPSA) is 12.0 Å². The van der Waals surface area contributed by atoms with Crippen molar-refractivity contribution >= 4 is 17.3 Å². The van der Waals surface area contributed by atoms with Crippen molar-refractivity contribution in [1.29, 1.82) is 0 Å². The minimum absolute atomic E-state index is 0.338. The van der Waals surface area contributed by atoms with Crippen LogP contribution in [0.5, 0.6) is 0 Å². The van der Waals surface area contributed by atoms with Gasteiger partial charge in [0, 0.05) is 17.1 Å². The maximum absolute atomic E-state index is 6.32. The highest BCUT2D eigenvalue weighted by Gasteiger charge is 2.25. The van der Waals surface area contributed by atoms with Crippen molar-refractivity contribution in [2.24, 2.45) is 0 Å². The van der Waals surface area contributed by atoms with E-state index in [1.54, 1.807) is 0 Å². The third-order valence-electron chi connectivity index (χ3n) is 4.20. The van der Waals surface area contributed by atoms with Gasteiger partial charge in [0.05, 0.1) is 6.04 Å². The number of hydrogen-bond acceptors (Lipinski definition) is 1. The number of anilines is 1. The molecular weight excluding hydrogens is 266 g/mol. The Morgan fingerprint density at radius 3 is 2.40 bits per heavy atom. The van der Waals surface area contributed by atoms with Gasteiger partial charge in [0.1, 0.15) is 0 Å². The summed E-state index contributed by atoms with van der Waals surface area (Å²) in [6.07, 6.45) is 0.969. The Balaban J connectivity index is 1.88. The van der Waals surface area contributed by atoms with Gasteiger partial charge in [-0.05, 0) is 41.2 Å². The molecule has 2 aromatic carbocycles. The molecule has 1 nitrogen and oxygen atoms in total. The van der Waals surface area contributed by atoms with Crippen LogP contribution < -0.4 is 5.32 Å². The van der Waals surface area contributed by atoms with Gasteiger partial charge in [0.25, 0.3) is 0 Å². The Labute approximate surface area is 126 Å². The molecule has 0 saturated carbocycles. The fourth-order valence-electron chi connectivity index (χ4n) is 2.88. The molecule has 0 bridgehead atoms. The van der Waals surface area contributed by atoms with E-state index >= 15 is 0 Å². The van der Waals surface area contributed by atoms with E-state index in [4.69, 9.17) is 11.6 Å². The van der Waals surface area contributed by atoms with E-state index in [1.807, 2.05) is 6.07 Å². The first-order valence-corrected chi connectivity index (χ1v) is 7.58. The van der Waals surface area contributed by atoms with Crippen LogP contribution in [0.1, 0.15) is 48.1 Å². The summed E-state index contributed by atoms with van der Waals surface area (Å²) in [5.41, 5.74) is 6.46. The first-order chi connectivity index (χ1) is 9.56. The van der Waals surface area contributed by atoms with Crippen molar-refractivity contribution < 1.29 is 0 Å². The fraction of sp³-hybridized carbons (Fsp3) is 0.333. The average molecular weight is 286 g/mol. The molecule has 0 amide bonds. The first kappa shape index (κ1) is 13.5. The summed E-state index contributed by atoms with van der Waals surface area (Å²) >= 11 is 6.32. The standard InChI is InChI=1S/C18H20ClN/c1-11(2)13-5-7-14(8-6-13)17-10-15-16(19)9-4-12(3)18(15)20-17/h4-9,11,17,20H,10H2,1-3H3. The van der Waals surface area contributed by atoms with Gasteiger partial charge in [-0.25, -0.2) is 0 Å². The van der Waals surface area contributed by atoms with Crippen LogP contribution in [0.4, 0.5) is 5.69 Å². The number of fused-ring (bicyclic) bond motifs is 1. The van der Waals surface area contributed by atoms with Crippen LogP contribution in [0.15, 0.2) is 36.4 Å². The second kappa shape index (κ2) is 5.14. The monoisotopic (exact) mass is 285 g/mol. The molecule has 0 spiro atoms. The highest BCUT2D eigenvalue weighted by molar-refractivity contribution is 6.31. The molecule has 0 saturated heterocycles. The normalized spacial score (nSPS) is 17.1. The third kappa shape index (κ3) is 2.31. The molecule has 1 aliphatic heterocycles. The lowest BCUT2D eigenvalue weighted by molar-refractivity contribution is 0.816. The van der Waals surface area contributed by atoms with E-state index in [1.165, 1.54) is 27.9 Å². The number of rotatable bonds is 2. The lowest BCUT2D eigenvalue weighted by Crippen LogP contribution is -2.06. The fourth-order valence-corrected chi connectivity index (χ4v) is 3.12. The lowest BCUT2D eigenvalue weighted by Gasteiger charge is -2.14. The van der Waals surface area contributed by atoms with Crippen molar-refractivity contribution in [3.63, 3.8) is 0 Å². The Morgan fingerprint density at radius 1 is 1.10 bits per heavy atom. The predicted molar refractivity (Wildman–Crippen MR) is 86.8 cm³/mol. The Kier molecular flexibility index (Phi) is 3.47. The van der Waals surface area contributed by atoms with Gasteiger partial charge in [0.2, 0.25) is 0 Å². The summed E-state index contributed by atoms with van der Waals surface area (Å²) in [6, 6.07) is 13.4. The number of halogens is 1. The molecule has 0 fully saturated rings. The van der Waals surface area contributed by atoms with Crippen molar-refractivity contribution in [1.82, 2.24) is 0 Å². The van der Waals surface area contributed by atoms with Gasteiger partial charge < -0.3 is 5.32 Å². The zero-order chi connectivity index (χ0) is 14.3. The maximum atomic E-state index is 6.32. The second-order valence-electron chi connectivity index (χ2n) is 5.94. The Morgan fingerprint density at radius 2 is 1.80 bits per heavy atom. The van der Waals surface area contributed by atoms with Crippen LogP contribution in [0.3, 0.4) is 0 Å². The summed E-state index contributed by atoms with van der Waals surface area (Å²) < 4.78 is 0. The van der Waals surface area contributed by atoms with E-state index in [2.05, 4.69) is 56.4 Å². The molecular formula is C18H20ClN. The van der Waals surface area contributed by atoms with Crippen molar-refractivity contribution in [3.05, 3.63) is 63.7 Å². The minimum atomic E-state index is 0.338. The SMILES string of the molecule is Cc1ccc(Cl)c2c1NC(c1ccc(C(C)C)cc1)C2. The molecule has 1 aliphatic rings. The summed E-state index contributed by atoms with van der Waals surface area (Å²) in [5.74, 6) is 0.578. The molecule has 1 unspecified atom stereocenters. The van der Waals surface area contributed by atoms with Crippen LogP contribution in [-0.2, 0) is 6.42 Å². The molecule has 0 aromatic heterocycles. The molecule has 0 aliphatic carbocycles. The molecule has 104 valence electrons. The average Bonchev–Trinajstić information content (AvgIpc) is 2.89. The van der Waals surface area contributed by atoms with Crippen LogP contribution in [0, 0.1) is 6.92 Å². The van der Waals surface area contributed by atoms with Crippen LogP contribution in [0.25, 0.3) is 0 Å². The van der Waals surface area contributed by atoms with Gasteiger partial charge in [-0.1, -0.05) is 55.8 Å². The van der Waals surface area contributed by atoms with E-state index < -0.39 is 0 Å². The zero-order valence-electron chi connectivity index (χ0n) is 12.2. The van der Waals surface area contributed by atoms with Gasteiger partial charge in [-0.15, -0.1) is 0 Å². The third-order valence-corrected chi connectivity index (χ3v) is 4.55. The zero-order valence-corrected chi connectivity index (χ0v) is 13.0. The summed E-state index contributed by atoms with van der Waals surface area (Å²) in [5, 5.41) is 4.50. The predicted octanol–water partition coefficient (Wildman–Crippen LogP) is 5.48.